The van der Waals surface area contributed by atoms with Gasteiger partial charge in [-0.3, -0.25) is 0 Å². The predicted octanol–water partition coefficient (Wildman–Crippen LogP) is 3.97. The maximum Gasteiger partial charge on any atom is 0.120 e. The van der Waals surface area contributed by atoms with E-state index in [-0.39, 0.29) is 4.84 Å². The third-order valence-corrected chi connectivity index (χ3v) is 5.28. The first-order chi connectivity index (χ1) is 4.54. The van der Waals surface area contributed by atoms with E-state index in [0.717, 1.165) is 0 Å². The molecule has 0 aliphatic rings. The number of halogens is 2. The largest absolute Gasteiger partial charge is 0.120 e. The Bertz CT molecular complexity index is 85.8. The van der Waals surface area contributed by atoms with Crippen LogP contribution in [0.25, 0.3) is 0 Å². The molecule has 0 amide bonds. The normalized spacial score (nSPS) is 14.7. The van der Waals surface area contributed by atoms with Gasteiger partial charge in [0.2, 0.25) is 0 Å². The van der Waals surface area contributed by atoms with Crippen molar-refractivity contribution in [2.75, 3.05) is 0 Å². The van der Waals surface area contributed by atoms with Crippen molar-refractivity contribution in [3.05, 3.63) is 0 Å². The zero-order valence-corrected chi connectivity index (χ0v) is 9.45. The molecular weight excluding hydrogens is 207 g/mol. The van der Waals surface area contributed by atoms with Crippen LogP contribution in [0, 0.1) is 0 Å². The van der Waals surface area contributed by atoms with Crippen LogP contribution < -0.4 is 0 Å². The maximum absolute atomic E-state index is 5.64. The summed E-state index contributed by atoms with van der Waals surface area (Å²) in [5.41, 5.74) is 0. The van der Waals surface area contributed by atoms with E-state index in [2.05, 4.69) is 13.8 Å². The molecule has 0 aliphatic heterocycles. The van der Waals surface area contributed by atoms with E-state index < -0.39 is 0 Å². The summed E-state index contributed by atoms with van der Waals surface area (Å²) in [4.78, 5) is -0.253. The van der Waals surface area contributed by atoms with E-state index in [4.69, 9.17) is 23.2 Å². The molecule has 0 spiro atoms. The highest BCUT2D eigenvalue weighted by atomic mass is 35.5. The molecule has 0 aromatic rings. The fourth-order valence-electron chi connectivity index (χ4n) is 0.241. The van der Waals surface area contributed by atoms with Gasteiger partial charge >= 0.3 is 0 Å². The van der Waals surface area contributed by atoms with Gasteiger partial charge in [0.25, 0.3) is 0 Å². The molecule has 4 heteroatoms. The third kappa shape index (κ3) is 6.02. The molecule has 62 valence electrons. The van der Waals surface area contributed by atoms with Crippen LogP contribution >= 0.6 is 44.8 Å². The molecule has 0 N–H and O–H groups in total. The lowest BCUT2D eigenvalue weighted by Gasteiger charge is -2.11. The fourth-order valence-corrected chi connectivity index (χ4v) is 2.92. The molecule has 10 heavy (non-hydrogen) atoms. The predicted molar refractivity (Wildman–Crippen MR) is 55.3 cm³/mol. The molecule has 0 radical (unpaired) electrons. The third-order valence-electron chi connectivity index (χ3n) is 0.755. The summed E-state index contributed by atoms with van der Waals surface area (Å²) < 4.78 is 0. The Morgan fingerprint density at radius 3 is 1.80 bits per heavy atom. The Labute approximate surface area is 80.8 Å². The van der Waals surface area contributed by atoms with Gasteiger partial charge in [-0.1, -0.05) is 35.4 Å². The van der Waals surface area contributed by atoms with Crippen molar-refractivity contribution in [3.63, 3.8) is 0 Å². The Kier molecular flexibility index (Phi) is 6.62. The smallest absolute Gasteiger partial charge is 0.104 e. The molecule has 0 rings (SSSR count). The summed E-state index contributed by atoms with van der Waals surface area (Å²) in [5, 5.41) is 0.954. The molecule has 0 bridgehead atoms. The molecule has 1 unspecified atom stereocenters. The monoisotopic (exact) mass is 218 g/mol. The molecule has 0 fully saturated rings. The van der Waals surface area contributed by atoms with Crippen LogP contribution in [0.5, 0.6) is 0 Å². The highest BCUT2D eigenvalue weighted by Crippen LogP contribution is 2.34. The van der Waals surface area contributed by atoms with Gasteiger partial charge in [-0.2, -0.15) is 0 Å². The minimum atomic E-state index is -0.253. The molecule has 1 atom stereocenters. The standard InChI is InChI=1S/C6H12Cl2S2/c1-4(2)9-10-5(3)6(7)8/h4-6H,1-3H3. The van der Waals surface area contributed by atoms with Gasteiger partial charge in [0.1, 0.15) is 4.84 Å². The van der Waals surface area contributed by atoms with Gasteiger partial charge in [-0.25, -0.2) is 0 Å². The second kappa shape index (κ2) is 5.87. The molecule has 0 heterocycles. The van der Waals surface area contributed by atoms with Crippen molar-refractivity contribution < 1.29 is 0 Å². The van der Waals surface area contributed by atoms with E-state index >= 15 is 0 Å². The van der Waals surface area contributed by atoms with Crippen molar-refractivity contribution in [1.29, 1.82) is 0 Å². The summed E-state index contributed by atoms with van der Waals surface area (Å²) >= 11 is 11.3. The van der Waals surface area contributed by atoms with Crippen molar-refractivity contribution in [3.8, 4) is 0 Å². The van der Waals surface area contributed by atoms with Gasteiger partial charge in [-0.05, 0) is 6.92 Å². The highest BCUT2D eigenvalue weighted by Gasteiger charge is 2.12. The van der Waals surface area contributed by atoms with Crippen LogP contribution in [0.2, 0.25) is 0 Å². The molecule has 0 aromatic carbocycles. The summed E-state index contributed by atoms with van der Waals surface area (Å²) in [6, 6.07) is 0. The Hall–Kier alpha value is 1.28. The van der Waals surface area contributed by atoms with Crippen LogP contribution in [0.1, 0.15) is 20.8 Å². The Morgan fingerprint density at radius 1 is 1.00 bits per heavy atom. The van der Waals surface area contributed by atoms with E-state index in [9.17, 15) is 0 Å². The van der Waals surface area contributed by atoms with E-state index in [1.807, 2.05) is 17.7 Å². The van der Waals surface area contributed by atoms with Crippen molar-refractivity contribution in [1.82, 2.24) is 0 Å². The lowest BCUT2D eigenvalue weighted by Crippen LogP contribution is -2.04. The van der Waals surface area contributed by atoms with Crippen LogP contribution in [0.3, 0.4) is 0 Å². The topological polar surface area (TPSA) is 0 Å². The lowest BCUT2D eigenvalue weighted by molar-refractivity contribution is 1.07. The zero-order valence-electron chi connectivity index (χ0n) is 6.30. The summed E-state index contributed by atoms with van der Waals surface area (Å²) in [7, 11) is 3.56. The summed E-state index contributed by atoms with van der Waals surface area (Å²) in [6.45, 7) is 6.34. The van der Waals surface area contributed by atoms with Gasteiger partial charge in [-0.15, -0.1) is 23.2 Å². The van der Waals surface area contributed by atoms with Crippen molar-refractivity contribution in [2.45, 2.75) is 36.1 Å². The average Bonchev–Trinajstić information content (AvgIpc) is 1.82. The first-order valence-corrected chi connectivity index (χ1v) is 6.29. The molecule has 0 nitrogen and oxygen atoms in total. The Morgan fingerprint density at radius 2 is 1.50 bits per heavy atom. The van der Waals surface area contributed by atoms with Crippen molar-refractivity contribution in [2.24, 2.45) is 0 Å². The van der Waals surface area contributed by atoms with Gasteiger partial charge in [0, 0.05) is 10.5 Å². The van der Waals surface area contributed by atoms with Crippen LogP contribution in [0.4, 0.5) is 0 Å². The minimum absolute atomic E-state index is 0.253. The average molecular weight is 219 g/mol. The van der Waals surface area contributed by atoms with E-state index in [1.54, 1.807) is 10.8 Å². The molecule has 0 aliphatic carbocycles. The fraction of sp³-hybridized carbons (Fsp3) is 1.00. The highest BCUT2D eigenvalue weighted by molar-refractivity contribution is 8.77. The van der Waals surface area contributed by atoms with Crippen molar-refractivity contribution >= 4 is 44.8 Å². The number of hydrogen-bond donors (Lipinski definition) is 0. The zero-order chi connectivity index (χ0) is 8.15. The van der Waals surface area contributed by atoms with Crippen LogP contribution in [-0.2, 0) is 0 Å². The second-order valence-corrected chi connectivity index (χ2v) is 6.67. The molecule has 0 saturated heterocycles. The Balaban J connectivity index is 3.30. The number of hydrogen-bond acceptors (Lipinski definition) is 2. The van der Waals surface area contributed by atoms with Gasteiger partial charge < -0.3 is 0 Å². The second-order valence-electron chi connectivity index (χ2n) is 2.28. The van der Waals surface area contributed by atoms with Gasteiger partial charge in [0.05, 0.1) is 0 Å². The van der Waals surface area contributed by atoms with Crippen LogP contribution in [0.15, 0.2) is 0 Å². The maximum atomic E-state index is 5.64. The number of alkyl halides is 2. The minimum Gasteiger partial charge on any atom is -0.104 e. The summed E-state index contributed by atoms with van der Waals surface area (Å²) in [5.74, 6) is 0. The van der Waals surface area contributed by atoms with Crippen LogP contribution in [-0.4, -0.2) is 15.3 Å². The van der Waals surface area contributed by atoms with E-state index in [0.29, 0.717) is 10.5 Å². The van der Waals surface area contributed by atoms with Gasteiger partial charge in [0.15, 0.2) is 0 Å². The summed E-state index contributed by atoms with van der Waals surface area (Å²) in [6.07, 6.45) is 0. The number of rotatable bonds is 4. The first-order valence-electron chi connectivity index (χ1n) is 3.14. The molecule has 0 saturated carbocycles. The molecule has 0 aromatic heterocycles. The quantitative estimate of drug-likeness (QED) is 0.518. The van der Waals surface area contributed by atoms with E-state index in [1.165, 1.54) is 0 Å². The lowest BCUT2D eigenvalue weighted by atomic mass is 10.6. The molecular formula is C6H12Cl2S2. The SMILES string of the molecule is CC(C)SSC(C)C(Cl)Cl. The first kappa shape index (κ1) is 11.3.